The first-order valence-electron chi connectivity index (χ1n) is 7.82. The smallest absolute Gasteiger partial charge is 0.306 e. The first-order chi connectivity index (χ1) is 10.5. The lowest BCUT2D eigenvalue weighted by Gasteiger charge is -2.26. The van der Waals surface area contributed by atoms with E-state index in [0.717, 1.165) is 22.9 Å². The minimum Gasteiger partial charge on any atom is -0.481 e. The summed E-state index contributed by atoms with van der Waals surface area (Å²) in [5.74, 6) is -1.08. The molecular weight excluding hydrogens is 346 g/mol. The summed E-state index contributed by atoms with van der Waals surface area (Å²) in [5, 5.41) is 9.11. The predicted octanol–water partition coefficient (Wildman–Crippen LogP) is 3.44. The van der Waals surface area contributed by atoms with Gasteiger partial charge in [-0.05, 0) is 49.8 Å². The zero-order valence-electron chi connectivity index (χ0n) is 12.4. The molecule has 0 unspecified atom stereocenters. The number of rotatable bonds is 5. The van der Waals surface area contributed by atoms with E-state index in [-0.39, 0.29) is 17.7 Å². The van der Waals surface area contributed by atoms with E-state index in [4.69, 9.17) is 5.11 Å². The summed E-state index contributed by atoms with van der Waals surface area (Å²) in [4.78, 5) is 25.9. The number of carboxylic acid groups (broad SMARTS) is 1. The molecule has 1 N–H and O–H groups in total. The molecule has 0 saturated heterocycles. The van der Waals surface area contributed by atoms with Crippen LogP contribution in [-0.2, 0) is 16.1 Å². The highest BCUT2D eigenvalue weighted by Gasteiger charge is 2.40. The largest absolute Gasteiger partial charge is 0.481 e. The van der Waals surface area contributed by atoms with Gasteiger partial charge < -0.3 is 10.0 Å². The van der Waals surface area contributed by atoms with Crippen molar-refractivity contribution in [2.75, 3.05) is 0 Å². The maximum atomic E-state index is 12.8. The summed E-state index contributed by atoms with van der Waals surface area (Å²) in [6, 6.07) is 8.36. The van der Waals surface area contributed by atoms with Crippen molar-refractivity contribution in [1.29, 1.82) is 0 Å². The van der Waals surface area contributed by atoms with Gasteiger partial charge in [0.1, 0.15) is 0 Å². The molecule has 2 saturated carbocycles. The molecule has 0 radical (unpaired) electrons. The molecule has 118 valence electrons. The number of carboxylic acids is 1. The quantitative estimate of drug-likeness (QED) is 0.869. The highest BCUT2D eigenvalue weighted by Crippen LogP contribution is 2.36. The molecule has 4 nitrogen and oxygen atoms in total. The van der Waals surface area contributed by atoms with E-state index in [0.29, 0.717) is 31.8 Å². The minimum atomic E-state index is -0.764. The summed E-state index contributed by atoms with van der Waals surface area (Å²) in [5.41, 5.74) is 1.11. The fourth-order valence-electron chi connectivity index (χ4n) is 3.27. The average Bonchev–Trinajstić information content (AvgIpc) is 3.19. The van der Waals surface area contributed by atoms with E-state index >= 15 is 0 Å². The Labute approximate surface area is 138 Å². The maximum absolute atomic E-state index is 12.8. The van der Waals surface area contributed by atoms with Crippen molar-refractivity contribution in [3.05, 3.63) is 34.3 Å². The van der Waals surface area contributed by atoms with Crippen molar-refractivity contribution in [2.45, 2.75) is 44.7 Å². The molecule has 0 heterocycles. The predicted molar refractivity (Wildman–Crippen MR) is 86.2 cm³/mol. The van der Waals surface area contributed by atoms with Crippen LogP contribution in [0.5, 0.6) is 0 Å². The normalized spacial score (nSPS) is 24.2. The lowest BCUT2D eigenvalue weighted by Crippen LogP contribution is -2.36. The number of aliphatic carboxylic acids is 1. The molecule has 2 fully saturated rings. The Morgan fingerprint density at radius 2 is 1.91 bits per heavy atom. The highest BCUT2D eigenvalue weighted by atomic mass is 79.9. The molecule has 0 bridgehead atoms. The molecule has 5 heteroatoms. The van der Waals surface area contributed by atoms with E-state index in [9.17, 15) is 9.59 Å². The van der Waals surface area contributed by atoms with E-state index in [1.54, 1.807) is 0 Å². The molecule has 22 heavy (non-hydrogen) atoms. The molecule has 1 aromatic rings. The summed E-state index contributed by atoms with van der Waals surface area (Å²) in [7, 11) is 0. The van der Waals surface area contributed by atoms with Crippen LogP contribution in [-0.4, -0.2) is 27.9 Å². The summed E-state index contributed by atoms with van der Waals surface area (Å²) < 4.78 is 1.01. The topological polar surface area (TPSA) is 57.6 Å². The third-order valence-corrected chi connectivity index (χ3v) is 5.14. The lowest BCUT2D eigenvalue weighted by molar-refractivity contribution is -0.141. The van der Waals surface area contributed by atoms with Crippen molar-refractivity contribution in [3.8, 4) is 0 Å². The van der Waals surface area contributed by atoms with Gasteiger partial charge in [0.25, 0.3) is 0 Å². The van der Waals surface area contributed by atoms with Crippen LogP contribution in [0.25, 0.3) is 0 Å². The number of benzene rings is 1. The first kappa shape index (κ1) is 15.5. The van der Waals surface area contributed by atoms with Gasteiger partial charge in [-0.2, -0.15) is 0 Å². The van der Waals surface area contributed by atoms with E-state index < -0.39 is 5.97 Å². The van der Waals surface area contributed by atoms with Crippen LogP contribution in [0.3, 0.4) is 0 Å². The van der Waals surface area contributed by atoms with Gasteiger partial charge >= 0.3 is 5.97 Å². The fraction of sp³-hybridized carbons (Fsp3) is 0.529. The van der Waals surface area contributed by atoms with Crippen LogP contribution >= 0.6 is 15.9 Å². The van der Waals surface area contributed by atoms with Crippen LogP contribution in [0.15, 0.2) is 28.7 Å². The van der Waals surface area contributed by atoms with E-state index in [2.05, 4.69) is 15.9 Å². The average molecular weight is 366 g/mol. The van der Waals surface area contributed by atoms with Crippen molar-refractivity contribution in [2.24, 2.45) is 11.8 Å². The zero-order chi connectivity index (χ0) is 15.7. The first-order valence-corrected chi connectivity index (χ1v) is 8.61. The second kappa shape index (κ2) is 6.41. The summed E-state index contributed by atoms with van der Waals surface area (Å²) in [6.45, 7) is 0.622. The summed E-state index contributed by atoms with van der Waals surface area (Å²) in [6.07, 6.45) is 3.96. The fourth-order valence-corrected chi connectivity index (χ4v) is 3.72. The number of amides is 1. The van der Waals surface area contributed by atoms with Crippen molar-refractivity contribution in [3.63, 3.8) is 0 Å². The highest BCUT2D eigenvalue weighted by molar-refractivity contribution is 9.10. The molecular formula is C17H20BrNO3. The van der Waals surface area contributed by atoms with Gasteiger partial charge in [0.15, 0.2) is 0 Å². The Bertz CT molecular complexity index is 585. The van der Waals surface area contributed by atoms with Crippen LogP contribution in [0.2, 0.25) is 0 Å². The van der Waals surface area contributed by atoms with Gasteiger partial charge in [-0.15, -0.1) is 0 Å². The molecule has 1 amide bonds. The number of halogens is 1. The van der Waals surface area contributed by atoms with Crippen LogP contribution in [0.4, 0.5) is 0 Å². The third kappa shape index (κ3) is 3.51. The van der Waals surface area contributed by atoms with Crippen molar-refractivity contribution < 1.29 is 14.7 Å². The Balaban J connectivity index is 1.69. The maximum Gasteiger partial charge on any atom is 0.306 e. The van der Waals surface area contributed by atoms with Gasteiger partial charge in [0.05, 0.1) is 5.92 Å². The van der Waals surface area contributed by atoms with Crippen LogP contribution in [0, 0.1) is 11.8 Å². The Kier molecular flexibility index (Phi) is 4.52. The number of hydrogen-bond donors (Lipinski definition) is 1. The van der Waals surface area contributed by atoms with Crippen LogP contribution in [0.1, 0.15) is 37.7 Å². The Morgan fingerprint density at radius 3 is 2.50 bits per heavy atom. The zero-order valence-corrected chi connectivity index (χ0v) is 14.0. The molecule has 0 aliphatic heterocycles. The Morgan fingerprint density at radius 1 is 1.18 bits per heavy atom. The van der Waals surface area contributed by atoms with Gasteiger partial charge in [0, 0.05) is 23.0 Å². The molecule has 3 rings (SSSR count). The van der Waals surface area contributed by atoms with Gasteiger partial charge in [-0.3, -0.25) is 9.59 Å². The van der Waals surface area contributed by atoms with Crippen molar-refractivity contribution in [1.82, 2.24) is 4.90 Å². The molecule has 2 aliphatic carbocycles. The monoisotopic (exact) mass is 365 g/mol. The molecule has 2 atom stereocenters. The lowest BCUT2D eigenvalue weighted by atomic mass is 10.0. The molecule has 0 aromatic heterocycles. The minimum absolute atomic E-state index is 0.117. The van der Waals surface area contributed by atoms with Gasteiger partial charge in [-0.25, -0.2) is 0 Å². The number of nitrogens with zero attached hydrogens (tertiary/aromatic N) is 1. The number of carbonyl (C=O) groups is 2. The third-order valence-electron chi connectivity index (χ3n) is 4.64. The number of hydrogen-bond acceptors (Lipinski definition) is 2. The second-order valence-corrected chi connectivity index (χ2v) is 7.29. The van der Waals surface area contributed by atoms with E-state index in [1.165, 1.54) is 0 Å². The number of carbonyl (C=O) groups excluding carboxylic acids is 1. The van der Waals surface area contributed by atoms with Gasteiger partial charge in [0.2, 0.25) is 5.91 Å². The Hall–Kier alpha value is -1.36. The summed E-state index contributed by atoms with van der Waals surface area (Å²) >= 11 is 3.46. The molecule has 0 spiro atoms. The van der Waals surface area contributed by atoms with Gasteiger partial charge in [-0.1, -0.05) is 28.1 Å². The van der Waals surface area contributed by atoms with Crippen LogP contribution < -0.4 is 0 Å². The standard InChI is InChI=1S/C17H20BrNO3/c18-14-3-1-2-11(8-14)10-19(15-6-7-15)16(20)12-4-5-13(9-12)17(21)22/h1-3,8,12-13,15H,4-7,9-10H2,(H,21,22)/t12-,13+/m0/s1. The molecule has 2 aliphatic rings. The second-order valence-electron chi connectivity index (χ2n) is 6.37. The SMILES string of the molecule is O=C(O)[C@@H]1CC[C@H](C(=O)N(Cc2cccc(Br)c2)C2CC2)C1. The van der Waals surface area contributed by atoms with Crippen molar-refractivity contribution >= 4 is 27.8 Å². The van der Waals surface area contributed by atoms with E-state index in [1.807, 2.05) is 29.2 Å². The molecule has 1 aromatic carbocycles.